The number of hydrogen-bond acceptors (Lipinski definition) is 7. The number of thiazole rings is 1. The number of hydrogen-bond donors (Lipinski definition) is 0. The van der Waals surface area contributed by atoms with E-state index in [1.54, 1.807) is 11.3 Å². The number of para-hydroxylation sites is 2. The molecule has 0 atom stereocenters. The van der Waals surface area contributed by atoms with E-state index in [1.807, 2.05) is 5.51 Å². The first-order valence-electron chi connectivity index (χ1n) is 10.4. The van der Waals surface area contributed by atoms with Crippen LogP contribution >= 0.6 is 11.3 Å². The van der Waals surface area contributed by atoms with E-state index in [4.69, 9.17) is 18.9 Å². The zero-order valence-electron chi connectivity index (χ0n) is 17.1. The molecule has 0 bridgehead atoms. The van der Waals surface area contributed by atoms with Crippen molar-refractivity contribution in [3.63, 3.8) is 0 Å². The van der Waals surface area contributed by atoms with E-state index >= 15 is 0 Å². The van der Waals surface area contributed by atoms with Crippen LogP contribution in [-0.4, -0.2) is 70.9 Å². The van der Waals surface area contributed by atoms with Crippen LogP contribution in [0.5, 0.6) is 0 Å². The Kier molecular flexibility index (Phi) is 8.05. The molecular formula is C23H28N2O4S. The van der Waals surface area contributed by atoms with Gasteiger partial charge in [-0.25, -0.2) is 4.98 Å². The minimum Gasteiger partial charge on any atom is -0.377 e. The van der Waals surface area contributed by atoms with Gasteiger partial charge in [0.2, 0.25) is 0 Å². The van der Waals surface area contributed by atoms with Gasteiger partial charge >= 0.3 is 0 Å². The van der Waals surface area contributed by atoms with Crippen molar-refractivity contribution in [2.75, 3.05) is 70.8 Å². The summed E-state index contributed by atoms with van der Waals surface area (Å²) >= 11 is 1.67. The summed E-state index contributed by atoms with van der Waals surface area (Å²) < 4.78 is 23.9. The van der Waals surface area contributed by atoms with Crippen LogP contribution in [0.15, 0.2) is 48.0 Å². The number of benzene rings is 2. The van der Waals surface area contributed by atoms with Gasteiger partial charge in [-0.3, -0.25) is 0 Å². The number of aromatic nitrogens is 1. The molecule has 0 amide bonds. The van der Waals surface area contributed by atoms with E-state index in [0.717, 1.165) is 24.2 Å². The van der Waals surface area contributed by atoms with Crippen LogP contribution in [0, 0.1) is 0 Å². The Bertz CT molecular complexity index is 901. The fourth-order valence-corrected chi connectivity index (χ4v) is 4.25. The Labute approximate surface area is 181 Å². The van der Waals surface area contributed by atoms with Crippen LogP contribution in [0.25, 0.3) is 21.3 Å². The van der Waals surface area contributed by atoms with Crippen molar-refractivity contribution >= 4 is 27.2 Å². The first-order valence-corrected chi connectivity index (χ1v) is 11.3. The van der Waals surface area contributed by atoms with E-state index in [9.17, 15) is 0 Å². The highest BCUT2D eigenvalue weighted by Crippen LogP contribution is 2.35. The monoisotopic (exact) mass is 428 g/mol. The summed E-state index contributed by atoms with van der Waals surface area (Å²) in [6.07, 6.45) is 0. The van der Waals surface area contributed by atoms with Crippen molar-refractivity contribution in [3.05, 3.63) is 48.0 Å². The second-order valence-electron chi connectivity index (χ2n) is 6.96. The van der Waals surface area contributed by atoms with Gasteiger partial charge in [-0.2, -0.15) is 0 Å². The maximum absolute atomic E-state index is 5.81. The Morgan fingerprint density at radius 1 is 0.667 bits per heavy atom. The maximum atomic E-state index is 5.81. The molecule has 0 saturated carbocycles. The summed E-state index contributed by atoms with van der Waals surface area (Å²) in [7, 11) is 0. The normalized spacial score (nSPS) is 18.1. The molecule has 1 aliphatic heterocycles. The van der Waals surface area contributed by atoms with Crippen LogP contribution in [-0.2, 0) is 18.9 Å². The Morgan fingerprint density at radius 3 is 1.97 bits per heavy atom. The molecule has 2 heterocycles. The van der Waals surface area contributed by atoms with Gasteiger partial charge < -0.3 is 23.8 Å². The van der Waals surface area contributed by atoms with Gasteiger partial charge in [0, 0.05) is 29.9 Å². The summed E-state index contributed by atoms with van der Waals surface area (Å²) in [4.78, 5) is 6.95. The number of anilines is 1. The summed E-state index contributed by atoms with van der Waals surface area (Å²) in [6, 6.07) is 14.9. The second-order valence-corrected chi connectivity index (χ2v) is 7.84. The van der Waals surface area contributed by atoms with Gasteiger partial charge in [-0.1, -0.05) is 30.3 Å². The van der Waals surface area contributed by atoms with E-state index in [0.29, 0.717) is 52.9 Å². The average molecular weight is 429 g/mol. The van der Waals surface area contributed by atoms with Crippen molar-refractivity contribution in [1.82, 2.24) is 4.98 Å². The Morgan fingerprint density at radius 2 is 1.27 bits per heavy atom. The molecule has 3 aromatic rings. The van der Waals surface area contributed by atoms with Crippen LogP contribution in [0.1, 0.15) is 0 Å². The third kappa shape index (κ3) is 5.56. The van der Waals surface area contributed by atoms with Crippen molar-refractivity contribution in [2.24, 2.45) is 0 Å². The zero-order valence-corrected chi connectivity index (χ0v) is 17.9. The van der Waals surface area contributed by atoms with Gasteiger partial charge in [0.25, 0.3) is 0 Å². The number of rotatable bonds is 2. The zero-order chi connectivity index (χ0) is 20.4. The molecule has 0 radical (unpaired) electrons. The lowest BCUT2D eigenvalue weighted by Gasteiger charge is -2.27. The third-order valence-corrected chi connectivity index (χ3v) is 5.82. The third-order valence-electron chi connectivity index (χ3n) is 5.02. The molecule has 30 heavy (non-hydrogen) atoms. The van der Waals surface area contributed by atoms with Crippen molar-refractivity contribution < 1.29 is 18.9 Å². The standard InChI is InChI=1S/C23H28N2O4S/c1-2-6-21(19(4-1)20-5-3-7-22-23(20)24-18-30-22)25-8-10-26-12-14-28-16-17-29-15-13-27-11-9-25/h1-7,18H,8-17H2. The molecule has 1 aromatic heterocycles. The molecule has 0 N–H and O–H groups in total. The van der Waals surface area contributed by atoms with Crippen molar-refractivity contribution in [2.45, 2.75) is 0 Å². The molecule has 0 aliphatic carbocycles. The highest BCUT2D eigenvalue weighted by Gasteiger charge is 2.15. The quantitative estimate of drug-likeness (QED) is 0.618. The average Bonchev–Trinajstić information content (AvgIpc) is 3.26. The second kappa shape index (κ2) is 11.4. The summed E-state index contributed by atoms with van der Waals surface area (Å²) in [6.45, 7) is 6.35. The molecule has 1 fully saturated rings. The molecule has 7 heteroatoms. The first kappa shape index (κ1) is 21.2. The van der Waals surface area contributed by atoms with Crippen molar-refractivity contribution in [3.8, 4) is 11.1 Å². The van der Waals surface area contributed by atoms with E-state index in [-0.39, 0.29) is 0 Å². The molecule has 6 nitrogen and oxygen atoms in total. The largest absolute Gasteiger partial charge is 0.377 e. The molecule has 1 aliphatic rings. The van der Waals surface area contributed by atoms with Crippen LogP contribution in [0.4, 0.5) is 5.69 Å². The topological polar surface area (TPSA) is 53.1 Å². The smallest absolute Gasteiger partial charge is 0.0891 e. The molecule has 4 rings (SSSR count). The molecule has 160 valence electrons. The number of ether oxygens (including phenoxy) is 4. The lowest BCUT2D eigenvalue weighted by molar-refractivity contribution is 0.00206. The molecule has 1 saturated heterocycles. The molecule has 2 aromatic carbocycles. The fourth-order valence-electron chi connectivity index (χ4n) is 3.54. The Hall–Kier alpha value is -2.03. The minimum absolute atomic E-state index is 0.586. The van der Waals surface area contributed by atoms with E-state index < -0.39 is 0 Å². The van der Waals surface area contributed by atoms with E-state index in [1.165, 1.54) is 16.0 Å². The summed E-state index contributed by atoms with van der Waals surface area (Å²) in [5.41, 5.74) is 6.46. The van der Waals surface area contributed by atoms with Gasteiger partial charge in [0.1, 0.15) is 0 Å². The Balaban J connectivity index is 1.56. The number of fused-ring (bicyclic) bond motifs is 1. The number of nitrogens with zero attached hydrogens (tertiary/aromatic N) is 2. The summed E-state index contributed by atoms with van der Waals surface area (Å²) in [5.74, 6) is 0. The van der Waals surface area contributed by atoms with E-state index in [2.05, 4.69) is 52.3 Å². The highest BCUT2D eigenvalue weighted by molar-refractivity contribution is 7.16. The van der Waals surface area contributed by atoms with Crippen LogP contribution in [0.3, 0.4) is 0 Å². The van der Waals surface area contributed by atoms with Gasteiger partial charge in [-0.15, -0.1) is 11.3 Å². The van der Waals surface area contributed by atoms with Gasteiger partial charge in [0.15, 0.2) is 0 Å². The van der Waals surface area contributed by atoms with Crippen LogP contribution in [0.2, 0.25) is 0 Å². The predicted octanol–water partition coefficient (Wildman–Crippen LogP) is 3.85. The maximum Gasteiger partial charge on any atom is 0.0891 e. The highest BCUT2D eigenvalue weighted by atomic mass is 32.1. The lowest BCUT2D eigenvalue weighted by atomic mass is 10.0. The molecule has 0 unspecified atom stereocenters. The SMILES string of the molecule is c1ccc(N2CCOCCOCCOCCOCC2)c(-c2cccc3scnc23)c1. The molecule has 0 spiro atoms. The molecular weight excluding hydrogens is 400 g/mol. The predicted molar refractivity (Wildman–Crippen MR) is 121 cm³/mol. The van der Waals surface area contributed by atoms with Gasteiger partial charge in [0.05, 0.1) is 68.6 Å². The first-order chi connectivity index (χ1) is 14.9. The lowest BCUT2D eigenvalue weighted by Crippen LogP contribution is -2.32. The summed E-state index contributed by atoms with van der Waals surface area (Å²) in [5, 5.41) is 0. The minimum atomic E-state index is 0.586. The fraction of sp³-hybridized carbons (Fsp3) is 0.435. The van der Waals surface area contributed by atoms with Gasteiger partial charge in [-0.05, 0) is 12.1 Å². The van der Waals surface area contributed by atoms with Crippen LogP contribution < -0.4 is 4.90 Å². The van der Waals surface area contributed by atoms with Crippen molar-refractivity contribution in [1.29, 1.82) is 0 Å².